The van der Waals surface area contributed by atoms with Gasteiger partial charge in [-0.15, -0.1) is 0 Å². The van der Waals surface area contributed by atoms with Gasteiger partial charge in [-0.05, 0) is 43.4 Å². The molecule has 28 heavy (non-hydrogen) atoms. The van der Waals surface area contributed by atoms with Crippen molar-refractivity contribution in [2.75, 3.05) is 0 Å². The van der Waals surface area contributed by atoms with Crippen molar-refractivity contribution in [1.29, 1.82) is 0 Å². The van der Waals surface area contributed by atoms with E-state index >= 15 is 0 Å². The molecule has 2 aromatic rings. The summed E-state index contributed by atoms with van der Waals surface area (Å²) in [5.41, 5.74) is -0.245. The zero-order valence-electron chi connectivity index (χ0n) is 16.6. The molecule has 1 N–H and O–H groups in total. The number of aromatic amines is 1. The smallest absolute Gasteiger partial charge is 0.330 e. The van der Waals surface area contributed by atoms with Crippen LogP contribution in [0.2, 0.25) is 0 Å². The molecule has 0 aromatic carbocycles. The Morgan fingerprint density at radius 3 is 2.79 bits per heavy atom. The summed E-state index contributed by atoms with van der Waals surface area (Å²) < 4.78 is 8.58. The molecule has 152 valence electrons. The maximum absolute atomic E-state index is 12.3. The van der Waals surface area contributed by atoms with Gasteiger partial charge < -0.3 is 9.30 Å². The van der Waals surface area contributed by atoms with Gasteiger partial charge >= 0.3 is 11.7 Å². The van der Waals surface area contributed by atoms with Crippen molar-refractivity contribution in [3.05, 3.63) is 26.7 Å². The van der Waals surface area contributed by atoms with E-state index in [2.05, 4.69) is 9.97 Å². The minimum absolute atomic E-state index is 0.00619. The number of nitrogens with one attached hydrogen (secondary N) is 1. The molecule has 0 amide bonds. The third-order valence-corrected chi connectivity index (χ3v) is 6.52. The summed E-state index contributed by atoms with van der Waals surface area (Å²) >= 11 is 0. The standard InChI is InChI=1S/C20H28N4O4/c1-3-4-7-24-18-17(19(26)22-20(24)27)23(2)15(21-18)11-28-16(25)10-14-9-12-5-6-13(14)8-12/h12-14H,3-11H2,1-2H3,(H,22,26,27)/t12-,13+,14+/m0/s1. The van der Waals surface area contributed by atoms with Crippen LogP contribution in [0, 0.1) is 17.8 Å². The summed E-state index contributed by atoms with van der Waals surface area (Å²) in [7, 11) is 1.71. The van der Waals surface area contributed by atoms with Gasteiger partial charge in [0.15, 0.2) is 11.2 Å². The number of carbonyl (C=O) groups excluding carboxylic acids is 1. The zero-order chi connectivity index (χ0) is 19.8. The average molecular weight is 388 g/mol. The summed E-state index contributed by atoms with van der Waals surface area (Å²) in [5, 5.41) is 0. The molecule has 2 bridgehead atoms. The average Bonchev–Trinajstić information content (AvgIpc) is 3.34. The van der Waals surface area contributed by atoms with E-state index in [0.29, 0.717) is 41.8 Å². The zero-order valence-corrected chi connectivity index (χ0v) is 16.6. The summed E-state index contributed by atoms with van der Waals surface area (Å²) in [6, 6.07) is 0. The number of carbonyl (C=O) groups is 1. The Bertz CT molecular complexity index is 1000. The first kappa shape index (κ1) is 19.0. The van der Waals surface area contributed by atoms with Crippen LogP contribution in [0.3, 0.4) is 0 Å². The second kappa shape index (κ2) is 7.56. The van der Waals surface area contributed by atoms with E-state index in [-0.39, 0.29) is 12.6 Å². The highest BCUT2D eigenvalue weighted by Gasteiger charge is 2.40. The number of aromatic nitrogens is 4. The Labute approximate surface area is 162 Å². The second-order valence-electron chi connectivity index (χ2n) is 8.32. The molecule has 8 nitrogen and oxygen atoms in total. The van der Waals surface area contributed by atoms with Crippen molar-refractivity contribution in [2.45, 2.75) is 65.0 Å². The summed E-state index contributed by atoms with van der Waals surface area (Å²) in [4.78, 5) is 43.6. The Morgan fingerprint density at radius 2 is 2.11 bits per heavy atom. The SMILES string of the molecule is CCCCn1c(=O)[nH]c(=O)c2c1nc(COC(=O)C[C@H]1C[C@H]3CC[C@@H]1C3)n2C. The van der Waals surface area contributed by atoms with E-state index in [1.165, 1.54) is 23.8 Å². The van der Waals surface area contributed by atoms with Crippen molar-refractivity contribution in [2.24, 2.45) is 24.8 Å². The van der Waals surface area contributed by atoms with Crippen LogP contribution in [0.15, 0.2) is 9.59 Å². The predicted molar refractivity (Wildman–Crippen MR) is 104 cm³/mol. The number of rotatable bonds is 7. The van der Waals surface area contributed by atoms with Gasteiger partial charge in [0.05, 0.1) is 0 Å². The molecule has 2 aromatic heterocycles. The maximum Gasteiger partial charge on any atom is 0.330 e. The summed E-state index contributed by atoms with van der Waals surface area (Å²) in [6.07, 6.45) is 7.16. The first-order chi connectivity index (χ1) is 13.5. The highest BCUT2D eigenvalue weighted by Crippen LogP contribution is 2.49. The molecule has 2 aliphatic carbocycles. The molecule has 0 saturated heterocycles. The number of fused-ring (bicyclic) bond motifs is 3. The van der Waals surface area contributed by atoms with Crippen molar-refractivity contribution < 1.29 is 9.53 Å². The first-order valence-corrected chi connectivity index (χ1v) is 10.3. The highest BCUT2D eigenvalue weighted by molar-refractivity contribution is 5.71. The van der Waals surface area contributed by atoms with Gasteiger partial charge in [-0.2, -0.15) is 0 Å². The van der Waals surface area contributed by atoms with E-state index in [9.17, 15) is 14.4 Å². The van der Waals surface area contributed by atoms with Gasteiger partial charge in [0.1, 0.15) is 12.4 Å². The lowest BCUT2D eigenvalue weighted by molar-refractivity contribution is -0.146. The first-order valence-electron chi connectivity index (χ1n) is 10.3. The van der Waals surface area contributed by atoms with Gasteiger partial charge in [0.2, 0.25) is 0 Å². The van der Waals surface area contributed by atoms with E-state index in [0.717, 1.165) is 25.2 Å². The summed E-state index contributed by atoms with van der Waals surface area (Å²) in [6.45, 7) is 2.53. The predicted octanol–water partition coefficient (Wildman–Crippen LogP) is 2.09. The number of hydrogen-bond acceptors (Lipinski definition) is 5. The van der Waals surface area contributed by atoms with Gasteiger partial charge in [-0.3, -0.25) is 19.1 Å². The molecule has 3 atom stereocenters. The quantitative estimate of drug-likeness (QED) is 0.732. The molecule has 2 saturated carbocycles. The van der Waals surface area contributed by atoms with Crippen LogP contribution in [0.25, 0.3) is 11.2 Å². The van der Waals surface area contributed by atoms with Crippen LogP contribution in [0.5, 0.6) is 0 Å². The lowest BCUT2D eigenvalue weighted by Gasteiger charge is -2.20. The number of esters is 1. The van der Waals surface area contributed by atoms with Crippen molar-refractivity contribution in [3.63, 3.8) is 0 Å². The van der Waals surface area contributed by atoms with Crippen LogP contribution >= 0.6 is 0 Å². The minimum Gasteiger partial charge on any atom is -0.457 e. The van der Waals surface area contributed by atoms with Crippen molar-refractivity contribution in [3.8, 4) is 0 Å². The fourth-order valence-corrected chi connectivity index (χ4v) is 4.99. The number of aryl methyl sites for hydroxylation is 2. The summed E-state index contributed by atoms with van der Waals surface area (Å²) in [5.74, 6) is 2.20. The largest absolute Gasteiger partial charge is 0.457 e. The number of ether oxygens (including phenoxy) is 1. The number of unbranched alkanes of at least 4 members (excludes halogenated alkanes) is 1. The Balaban J connectivity index is 1.50. The minimum atomic E-state index is -0.470. The van der Waals surface area contributed by atoms with Crippen LogP contribution in [0.1, 0.15) is 57.7 Å². The molecule has 8 heteroatoms. The third kappa shape index (κ3) is 3.40. The van der Waals surface area contributed by atoms with Gasteiger partial charge in [0, 0.05) is 20.0 Å². The fourth-order valence-electron chi connectivity index (χ4n) is 4.99. The van der Waals surface area contributed by atoms with Crippen LogP contribution in [-0.4, -0.2) is 25.1 Å². The van der Waals surface area contributed by atoms with Crippen LogP contribution < -0.4 is 11.2 Å². The Morgan fingerprint density at radius 1 is 1.29 bits per heavy atom. The lowest BCUT2D eigenvalue weighted by Crippen LogP contribution is -2.31. The Hall–Kier alpha value is -2.38. The molecule has 4 rings (SSSR count). The number of imidazole rings is 1. The lowest BCUT2D eigenvalue weighted by atomic mass is 9.86. The van der Waals surface area contributed by atoms with E-state index in [1.807, 2.05) is 6.92 Å². The fraction of sp³-hybridized carbons (Fsp3) is 0.700. The molecule has 0 spiro atoms. The van der Waals surface area contributed by atoms with Crippen LogP contribution in [-0.2, 0) is 29.7 Å². The van der Waals surface area contributed by atoms with E-state index in [4.69, 9.17) is 4.74 Å². The third-order valence-electron chi connectivity index (χ3n) is 6.52. The number of H-pyrrole nitrogens is 1. The van der Waals surface area contributed by atoms with Crippen LogP contribution in [0.4, 0.5) is 0 Å². The van der Waals surface area contributed by atoms with Gasteiger partial charge in [-0.25, -0.2) is 9.78 Å². The van der Waals surface area contributed by atoms with Crippen molar-refractivity contribution in [1.82, 2.24) is 19.1 Å². The second-order valence-corrected chi connectivity index (χ2v) is 8.32. The monoisotopic (exact) mass is 388 g/mol. The molecule has 0 radical (unpaired) electrons. The molecule has 0 unspecified atom stereocenters. The molecular formula is C20H28N4O4. The van der Waals surface area contributed by atoms with E-state index < -0.39 is 11.2 Å². The Kier molecular flexibility index (Phi) is 5.12. The molecule has 2 fully saturated rings. The molecule has 2 heterocycles. The number of nitrogens with zero attached hydrogens (tertiary/aromatic N) is 3. The van der Waals surface area contributed by atoms with Gasteiger partial charge in [0.25, 0.3) is 5.56 Å². The molecule has 2 aliphatic rings. The van der Waals surface area contributed by atoms with Crippen molar-refractivity contribution >= 4 is 17.1 Å². The topological polar surface area (TPSA) is 99.0 Å². The number of hydrogen-bond donors (Lipinski definition) is 1. The highest BCUT2D eigenvalue weighted by atomic mass is 16.5. The molecule has 0 aliphatic heterocycles. The van der Waals surface area contributed by atoms with E-state index in [1.54, 1.807) is 11.6 Å². The maximum atomic E-state index is 12.3. The normalized spacial score (nSPS) is 23.6. The molecular weight excluding hydrogens is 360 g/mol. The van der Waals surface area contributed by atoms with Gasteiger partial charge in [-0.1, -0.05) is 19.8 Å².